The Kier molecular flexibility index (Phi) is 4.17. The molecular weight excluding hydrogens is 328 g/mol. The van der Waals surface area contributed by atoms with Gasteiger partial charge in [0.1, 0.15) is 5.60 Å². The second-order valence-corrected chi connectivity index (χ2v) is 5.95. The van der Waals surface area contributed by atoms with Gasteiger partial charge in [-0.15, -0.1) is 0 Å². The second-order valence-electron chi connectivity index (χ2n) is 5.10. The van der Waals surface area contributed by atoms with Crippen LogP contribution < -0.4 is 14.9 Å². The maximum absolute atomic E-state index is 11.4. The van der Waals surface area contributed by atoms with Crippen molar-refractivity contribution in [3.63, 3.8) is 0 Å². The standard InChI is InChI=1S/C13H15BrN2O4/c1-13(2,3)20-12(17)16-15-6-8-4-10-11(5-9(8)14)19-7-18-10/h4-6H,7H2,1-3H3,(H,16,17)/b15-6-. The first kappa shape index (κ1) is 14.6. The molecule has 0 bridgehead atoms. The lowest BCUT2D eigenvalue weighted by molar-refractivity contribution is 0.0529. The molecule has 1 aliphatic heterocycles. The van der Waals surface area contributed by atoms with Gasteiger partial charge in [-0.2, -0.15) is 5.10 Å². The van der Waals surface area contributed by atoms with Crippen LogP contribution in [0.4, 0.5) is 4.79 Å². The van der Waals surface area contributed by atoms with Crippen LogP contribution >= 0.6 is 15.9 Å². The van der Waals surface area contributed by atoms with E-state index >= 15 is 0 Å². The van der Waals surface area contributed by atoms with Gasteiger partial charge in [0.05, 0.1) is 6.21 Å². The van der Waals surface area contributed by atoms with Crippen LogP contribution in [0, 0.1) is 0 Å². The summed E-state index contributed by atoms with van der Waals surface area (Å²) in [7, 11) is 0. The number of carbonyl (C=O) groups is 1. The molecule has 0 radical (unpaired) electrons. The van der Waals surface area contributed by atoms with Gasteiger partial charge < -0.3 is 14.2 Å². The summed E-state index contributed by atoms with van der Waals surface area (Å²) in [5, 5.41) is 3.84. The Morgan fingerprint density at radius 1 is 1.40 bits per heavy atom. The van der Waals surface area contributed by atoms with Crippen molar-refractivity contribution in [2.24, 2.45) is 5.10 Å². The molecule has 0 unspecified atom stereocenters. The number of nitrogens with zero attached hydrogens (tertiary/aromatic N) is 1. The Labute approximate surface area is 125 Å². The molecule has 1 aromatic carbocycles. The molecule has 1 aromatic rings. The molecule has 0 fully saturated rings. The van der Waals surface area contributed by atoms with Gasteiger partial charge in [-0.3, -0.25) is 0 Å². The number of halogens is 1. The van der Waals surface area contributed by atoms with Crippen LogP contribution in [0.2, 0.25) is 0 Å². The van der Waals surface area contributed by atoms with Crippen molar-refractivity contribution in [1.82, 2.24) is 5.43 Å². The van der Waals surface area contributed by atoms with E-state index in [-0.39, 0.29) is 6.79 Å². The highest BCUT2D eigenvalue weighted by molar-refractivity contribution is 9.10. The number of amides is 1. The first-order chi connectivity index (χ1) is 9.35. The largest absolute Gasteiger partial charge is 0.454 e. The second kappa shape index (κ2) is 5.70. The zero-order valence-electron chi connectivity index (χ0n) is 11.4. The molecule has 1 N–H and O–H groups in total. The summed E-state index contributed by atoms with van der Waals surface area (Å²) in [5.41, 5.74) is 2.50. The molecule has 1 aliphatic rings. The summed E-state index contributed by atoms with van der Waals surface area (Å²) in [4.78, 5) is 11.4. The lowest BCUT2D eigenvalue weighted by Gasteiger charge is -2.18. The van der Waals surface area contributed by atoms with E-state index in [1.807, 2.05) is 0 Å². The number of hydrogen-bond acceptors (Lipinski definition) is 5. The Morgan fingerprint density at radius 2 is 2.05 bits per heavy atom. The van der Waals surface area contributed by atoms with Crippen LogP contribution in [-0.2, 0) is 4.74 Å². The predicted molar refractivity (Wildman–Crippen MR) is 77.2 cm³/mol. The van der Waals surface area contributed by atoms with Crippen LogP contribution in [0.1, 0.15) is 26.3 Å². The Balaban J connectivity index is 2.00. The molecule has 0 saturated heterocycles. The normalized spacial score (nSPS) is 13.6. The van der Waals surface area contributed by atoms with Crippen molar-refractivity contribution in [2.45, 2.75) is 26.4 Å². The number of benzene rings is 1. The van der Waals surface area contributed by atoms with Gasteiger partial charge in [-0.1, -0.05) is 0 Å². The van der Waals surface area contributed by atoms with Crippen molar-refractivity contribution in [3.05, 3.63) is 22.2 Å². The van der Waals surface area contributed by atoms with Crippen molar-refractivity contribution in [1.29, 1.82) is 0 Å². The van der Waals surface area contributed by atoms with Gasteiger partial charge in [-0.05, 0) is 48.8 Å². The molecule has 20 heavy (non-hydrogen) atoms. The minimum atomic E-state index is -0.606. The van der Waals surface area contributed by atoms with E-state index < -0.39 is 11.7 Å². The molecule has 2 rings (SSSR count). The SMILES string of the molecule is CC(C)(C)OC(=O)N/N=C\c1cc2c(cc1Br)OCO2. The van der Waals surface area contributed by atoms with E-state index in [4.69, 9.17) is 14.2 Å². The summed E-state index contributed by atoms with van der Waals surface area (Å²) < 4.78 is 16.4. The monoisotopic (exact) mass is 342 g/mol. The van der Waals surface area contributed by atoms with E-state index in [9.17, 15) is 4.79 Å². The zero-order chi connectivity index (χ0) is 14.8. The maximum Gasteiger partial charge on any atom is 0.428 e. The van der Waals surface area contributed by atoms with Gasteiger partial charge in [-0.25, -0.2) is 10.2 Å². The van der Waals surface area contributed by atoms with Gasteiger partial charge in [0.15, 0.2) is 11.5 Å². The number of rotatable bonds is 2. The van der Waals surface area contributed by atoms with Gasteiger partial charge in [0, 0.05) is 10.0 Å². The first-order valence-electron chi connectivity index (χ1n) is 5.96. The fourth-order valence-corrected chi connectivity index (χ4v) is 1.91. The number of nitrogens with one attached hydrogen (secondary N) is 1. The molecule has 108 valence electrons. The van der Waals surface area contributed by atoms with Crippen molar-refractivity contribution in [3.8, 4) is 11.5 Å². The fourth-order valence-electron chi connectivity index (χ4n) is 1.49. The summed E-state index contributed by atoms with van der Waals surface area (Å²) in [6, 6.07) is 3.56. The predicted octanol–water partition coefficient (Wildman–Crippen LogP) is 3.04. The summed E-state index contributed by atoms with van der Waals surface area (Å²) >= 11 is 3.40. The summed E-state index contributed by atoms with van der Waals surface area (Å²) in [6.45, 7) is 5.55. The van der Waals surface area contributed by atoms with Crippen LogP contribution in [0.5, 0.6) is 11.5 Å². The van der Waals surface area contributed by atoms with Crippen LogP contribution in [0.3, 0.4) is 0 Å². The van der Waals surface area contributed by atoms with E-state index in [1.165, 1.54) is 6.21 Å². The molecule has 0 spiro atoms. The number of fused-ring (bicyclic) bond motifs is 1. The van der Waals surface area contributed by atoms with E-state index in [0.717, 1.165) is 10.0 Å². The third-order valence-electron chi connectivity index (χ3n) is 2.25. The maximum atomic E-state index is 11.4. The molecule has 6 nitrogen and oxygen atoms in total. The van der Waals surface area contributed by atoms with Crippen molar-refractivity contribution < 1.29 is 19.0 Å². The highest BCUT2D eigenvalue weighted by atomic mass is 79.9. The topological polar surface area (TPSA) is 69.2 Å². The van der Waals surface area contributed by atoms with Gasteiger partial charge >= 0.3 is 6.09 Å². The minimum absolute atomic E-state index is 0.207. The Morgan fingerprint density at radius 3 is 2.70 bits per heavy atom. The van der Waals surface area contributed by atoms with Gasteiger partial charge in [0.25, 0.3) is 0 Å². The van der Waals surface area contributed by atoms with Crippen LogP contribution in [0.25, 0.3) is 0 Å². The molecule has 0 saturated carbocycles. The third kappa shape index (κ3) is 3.86. The van der Waals surface area contributed by atoms with Crippen molar-refractivity contribution in [2.75, 3.05) is 6.79 Å². The quantitative estimate of drug-likeness (QED) is 0.662. The smallest absolute Gasteiger partial charge is 0.428 e. The lowest BCUT2D eigenvalue weighted by Crippen LogP contribution is -2.29. The Bertz CT molecular complexity index is 552. The molecule has 1 heterocycles. The zero-order valence-corrected chi connectivity index (χ0v) is 13.0. The summed E-state index contributed by atoms with van der Waals surface area (Å²) in [6.07, 6.45) is 0.890. The number of hydrazone groups is 1. The average molecular weight is 343 g/mol. The van der Waals surface area contributed by atoms with Gasteiger partial charge in [0.2, 0.25) is 6.79 Å². The molecule has 0 aromatic heterocycles. The molecular formula is C13H15BrN2O4. The van der Waals surface area contributed by atoms with Crippen LogP contribution in [0.15, 0.2) is 21.7 Å². The molecule has 0 atom stereocenters. The summed E-state index contributed by atoms with van der Waals surface area (Å²) in [5.74, 6) is 1.32. The molecule has 1 amide bonds. The average Bonchev–Trinajstić information content (AvgIpc) is 2.73. The van der Waals surface area contributed by atoms with Crippen molar-refractivity contribution >= 4 is 28.2 Å². The number of hydrogen-bond donors (Lipinski definition) is 1. The highest BCUT2D eigenvalue weighted by Crippen LogP contribution is 2.36. The number of ether oxygens (including phenoxy) is 3. The first-order valence-corrected chi connectivity index (χ1v) is 6.76. The molecule has 0 aliphatic carbocycles. The van der Waals surface area contributed by atoms with E-state index in [1.54, 1.807) is 32.9 Å². The van der Waals surface area contributed by atoms with E-state index in [2.05, 4.69) is 26.5 Å². The Hall–Kier alpha value is -1.76. The molecule has 7 heteroatoms. The lowest BCUT2D eigenvalue weighted by atomic mass is 10.2. The fraction of sp³-hybridized carbons (Fsp3) is 0.385. The van der Waals surface area contributed by atoms with E-state index in [0.29, 0.717) is 11.5 Å². The highest BCUT2D eigenvalue weighted by Gasteiger charge is 2.16. The van der Waals surface area contributed by atoms with Crippen LogP contribution in [-0.4, -0.2) is 24.7 Å². The third-order valence-corrected chi connectivity index (χ3v) is 2.94. The number of carbonyl (C=O) groups excluding carboxylic acids is 1. The minimum Gasteiger partial charge on any atom is -0.454 e.